The standard InChI is InChI=1S/C23H29N7O3/c1-15(14-30-8-5-9-30)25-22(31)21-13-20(28-29(21)2)19-6-7-24-23(27-19)26-16-10-17(32-3)12-18(11-16)33-4/h6-7,10-13,15H,5,8-9,14H2,1-4H3,(H,25,31)(H,24,26,27)/p+1/t15-/m0/s1. The van der Waals surface area contributed by atoms with E-state index in [-0.39, 0.29) is 11.9 Å². The number of methoxy groups -OCH3 is 2. The molecule has 1 aromatic carbocycles. The molecule has 1 aliphatic rings. The van der Waals surface area contributed by atoms with Crippen molar-refractivity contribution in [3.05, 3.63) is 42.2 Å². The Kier molecular flexibility index (Phi) is 6.74. The first-order valence-electron chi connectivity index (χ1n) is 11.0. The average Bonchev–Trinajstić information content (AvgIpc) is 3.18. The van der Waals surface area contributed by atoms with Gasteiger partial charge in [-0.3, -0.25) is 9.48 Å². The number of nitrogens with one attached hydrogen (secondary N) is 3. The molecule has 10 heteroatoms. The van der Waals surface area contributed by atoms with Gasteiger partial charge in [0.15, 0.2) is 0 Å². The monoisotopic (exact) mass is 452 g/mol. The molecule has 1 atom stereocenters. The van der Waals surface area contributed by atoms with E-state index >= 15 is 0 Å². The van der Waals surface area contributed by atoms with Gasteiger partial charge in [0.1, 0.15) is 22.9 Å². The van der Waals surface area contributed by atoms with E-state index in [1.807, 2.05) is 19.1 Å². The highest BCUT2D eigenvalue weighted by atomic mass is 16.5. The lowest BCUT2D eigenvalue weighted by molar-refractivity contribution is -0.939. The van der Waals surface area contributed by atoms with Crippen molar-refractivity contribution in [2.75, 3.05) is 39.2 Å². The van der Waals surface area contributed by atoms with Crippen LogP contribution in [0, 0.1) is 0 Å². The van der Waals surface area contributed by atoms with Crippen LogP contribution in [0.15, 0.2) is 36.5 Å². The number of anilines is 2. The summed E-state index contributed by atoms with van der Waals surface area (Å²) in [5.41, 5.74) is 2.41. The molecule has 0 unspecified atom stereocenters. The van der Waals surface area contributed by atoms with E-state index in [4.69, 9.17) is 9.47 Å². The summed E-state index contributed by atoms with van der Waals surface area (Å²) in [6, 6.07) is 9.04. The molecule has 3 aromatic rings. The molecule has 1 fully saturated rings. The first-order valence-corrected chi connectivity index (χ1v) is 11.0. The Morgan fingerprint density at radius 1 is 1.15 bits per heavy atom. The molecule has 0 radical (unpaired) electrons. The lowest BCUT2D eigenvalue weighted by Gasteiger charge is -2.29. The Labute approximate surface area is 192 Å². The van der Waals surface area contributed by atoms with E-state index in [9.17, 15) is 4.79 Å². The fourth-order valence-electron chi connectivity index (χ4n) is 3.79. The van der Waals surface area contributed by atoms with Crippen LogP contribution in [0.1, 0.15) is 23.8 Å². The van der Waals surface area contributed by atoms with Gasteiger partial charge in [0.2, 0.25) is 5.95 Å². The summed E-state index contributed by atoms with van der Waals surface area (Å²) in [5.74, 6) is 1.56. The van der Waals surface area contributed by atoms with Crippen LogP contribution in [0.2, 0.25) is 0 Å². The zero-order valence-corrected chi connectivity index (χ0v) is 19.4. The average molecular weight is 453 g/mol. The molecule has 33 heavy (non-hydrogen) atoms. The van der Waals surface area contributed by atoms with Gasteiger partial charge in [0.25, 0.3) is 5.91 Å². The summed E-state index contributed by atoms with van der Waals surface area (Å²) in [6.07, 6.45) is 2.91. The van der Waals surface area contributed by atoms with Crippen LogP contribution in [0.3, 0.4) is 0 Å². The van der Waals surface area contributed by atoms with Gasteiger partial charge in [-0.25, -0.2) is 9.97 Å². The number of nitrogens with zero attached hydrogens (tertiary/aromatic N) is 4. The first-order chi connectivity index (χ1) is 15.9. The molecule has 3 heterocycles. The highest BCUT2D eigenvalue weighted by Gasteiger charge is 2.23. The third-order valence-corrected chi connectivity index (χ3v) is 5.67. The number of carbonyl (C=O) groups is 1. The largest absolute Gasteiger partial charge is 0.497 e. The minimum atomic E-state index is -0.139. The van der Waals surface area contributed by atoms with Crippen molar-refractivity contribution in [2.24, 2.45) is 7.05 Å². The van der Waals surface area contributed by atoms with Crippen LogP contribution < -0.4 is 25.0 Å². The molecule has 10 nitrogen and oxygen atoms in total. The van der Waals surface area contributed by atoms with Crippen LogP contribution >= 0.6 is 0 Å². The van der Waals surface area contributed by atoms with Crippen LogP contribution in [-0.2, 0) is 7.05 Å². The number of likely N-dealkylation sites (tertiary alicyclic amines) is 1. The number of aryl methyl sites for hydroxylation is 1. The number of benzene rings is 1. The molecule has 174 valence electrons. The molecule has 0 spiro atoms. The van der Waals surface area contributed by atoms with Crippen molar-refractivity contribution in [1.82, 2.24) is 25.1 Å². The molecule has 4 rings (SSSR count). The summed E-state index contributed by atoms with van der Waals surface area (Å²) in [4.78, 5) is 23.2. The van der Waals surface area contributed by atoms with E-state index in [0.717, 1.165) is 12.2 Å². The molecule has 0 saturated carbocycles. The highest BCUT2D eigenvalue weighted by Crippen LogP contribution is 2.27. The molecule has 1 aliphatic heterocycles. The maximum absolute atomic E-state index is 12.8. The number of ether oxygens (including phenoxy) is 2. The van der Waals surface area contributed by atoms with Crippen LogP contribution in [-0.4, -0.2) is 65.6 Å². The van der Waals surface area contributed by atoms with E-state index in [1.54, 1.807) is 50.3 Å². The molecule has 2 aromatic heterocycles. The number of amides is 1. The maximum atomic E-state index is 12.8. The topological polar surface area (TPSA) is 108 Å². The van der Waals surface area contributed by atoms with Crippen LogP contribution in [0.4, 0.5) is 11.6 Å². The Hall–Kier alpha value is -3.66. The number of hydrogen-bond donors (Lipinski definition) is 3. The number of carbonyl (C=O) groups excluding carboxylic acids is 1. The highest BCUT2D eigenvalue weighted by molar-refractivity contribution is 5.93. The molecule has 3 N–H and O–H groups in total. The van der Waals surface area contributed by atoms with Crippen molar-refractivity contribution in [3.8, 4) is 22.9 Å². The third-order valence-electron chi connectivity index (χ3n) is 5.67. The number of rotatable bonds is 9. The second kappa shape index (κ2) is 9.86. The summed E-state index contributed by atoms with van der Waals surface area (Å²) >= 11 is 0. The normalized spacial score (nSPS) is 14.3. The molecule has 0 aliphatic carbocycles. The maximum Gasteiger partial charge on any atom is 0.269 e. The lowest BCUT2D eigenvalue weighted by atomic mass is 10.2. The summed E-state index contributed by atoms with van der Waals surface area (Å²) in [5, 5.41) is 10.7. The summed E-state index contributed by atoms with van der Waals surface area (Å²) < 4.78 is 12.2. The van der Waals surface area contributed by atoms with Gasteiger partial charge in [-0.05, 0) is 19.1 Å². The Balaban J connectivity index is 1.49. The SMILES string of the molecule is COc1cc(Nc2nccc(-c3cc(C(=O)N[C@@H](C)C[NH+]4CCC4)n(C)n3)n2)cc(OC)c1. The number of aromatic nitrogens is 4. The summed E-state index contributed by atoms with van der Waals surface area (Å²) in [6.45, 7) is 5.34. The molecular formula is C23H30N7O3+. The van der Waals surface area contributed by atoms with E-state index in [2.05, 4.69) is 25.7 Å². The van der Waals surface area contributed by atoms with Gasteiger partial charge >= 0.3 is 0 Å². The number of quaternary nitrogens is 1. The lowest BCUT2D eigenvalue weighted by Crippen LogP contribution is -3.18. The van der Waals surface area contributed by atoms with Crippen LogP contribution in [0.5, 0.6) is 11.5 Å². The molecule has 1 saturated heterocycles. The zero-order chi connectivity index (χ0) is 23.4. The fraction of sp³-hybridized carbons (Fsp3) is 0.391. The Morgan fingerprint density at radius 3 is 2.52 bits per heavy atom. The van der Waals surface area contributed by atoms with E-state index in [0.29, 0.717) is 34.5 Å². The predicted octanol–water partition coefficient (Wildman–Crippen LogP) is 1.04. The molecule has 1 amide bonds. The Bertz CT molecular complexity index is 1100. The van der Waals surface area contributed by atoms with Crippen molar-refractivity contribution >= 4 is 17.5 Å². The second-order valence-corrected chi connectivity index (χ2v) is 8.21. The predicted molar refractivity (Wildman–Crippen MR) is 124 cm³/mol. The van der Waals surface area contributed by atoms with Crippen molar-refractivity contribution in [2.45, 2.75) is 19.4 Å². The Morgan fingerprint density at radius 2 is 1.88 bits per heavy atom. The van der Waals surface area contributed by atoms with Gasteiger partial charge < -0.3 is 25.0 Å². The quantitative estimate of drug-likeness (QED) is 0.445. The van der Waals surface area contributed by atoms with Gasteiger partial charge in [0.05, 0.1) is 45.6 Å². The summed E-state index contributed by atoms with van der Waals surface area (Å²) in [7, 11) is 4.95. The van der Waals surface area contributed by atoms with Crippen molar-refractivity contribution in [1.29, 1.82) is 0 Å². The first kappa shape index (κ1) is 22.5. The minimum Gasteiger partial charge on any atom is -0.497 e. The van der Waals surface area contributed by atoms with Gasteiger partial charge in [-0.2, -0.15) is 5.10 Å². The number of hydrogen-bond acceptors (Lipinski definition) is 7. The second-order valence-electron chi connectivity index (χ2n) is 8.21. The molecule has 0 bridgehead atoms. The van der Waals surface area contributed by atoms with Crippen molar-refractivity contribution in [3.63, 3.8) is 0 Å². The minimum absolute atomic E-state index is 0.0980. The van der Waals surface area contributed by atoms with Crippen LogP contribution in [0.25, 0.3) is 11.4 Å². The fourth-order valence-corrected chi connectivity index (χ4v) is 3.79. The van der Waals surface area contributed by atoms with Gasteiger partial charge in [-0.15, -0.1) is 0 Å². The van der Waals surface area contributed by atoms with Gasteiger partial charge in [0, 0.05) is 43.6 Å². The van der Waals surface area contributed by atoms with E-state index < -0.39 is 0 Å². The van der Waals surface area contributed by atoms with E-state index in [1.165, 1.54) is 24.4 Å². The molecular weight excluding hydrogens is 422 g/mol. The zero-order valence-electron chi connectivity index (χ0n) is 19.4. The van der Waals surface area contributed by atoms with Gasteiger partial charge in [-0.1, -0.05) is 0 Å². The smallest absolute Gasteiger partial charge is 0.269 e. The third kappa shape index (κ3) is 5.40. The van der Waals surface area contributed by atoms with Crippen molar-refractivity contribution < 1.29 is 19.2 Å².